The van der Waals surface area contributed by atoms with Crippen LogP contribution in [0.1, 0.15) is 13.3 Å². The first-order valence-corrected chi connectivity index (χ1v) is 3.03. The first-order valence-electron chi connectivity index (χ1n) is 3.03. The highest BCUT2D eigenvalue weighted by molar-refractivity contribution is 5.21. The van der Waals surface area contributed by atoms with E-state index in [4.69, 9.17) is 5.90 Å². The first kappa shape index (κ1) is 6.52. The molecule has 0 radical (unpaired) electrons. The van der Waals surface area contributed by atoms with E-state index in [2.05, 4.69) is 17.8 Å². The second-order valence-electron chi connectivity index (χ2n) is 2.22. The van der Waals surface area contributed by atoms with Gasteiger partial charge in [-0.3, -0.25) is 4.84 Å². The van der Waals surface area contributed by atoms with Crippen LogP contribution in [0.25, 0.3) is 0 Å². The quantitative estimate of drug-likeness (QED) is 0.533. The van der Waals surface area contributed by atoms with Crippen LogP contribution in [0.2, 0.25) is 0 Å². The maximum Gasteiger partial charge on any atom is 0.101 e. The fraction of sp³-hybridized carbons (Fsp3) is 0.429. The Labute approximate surface area is 55.0 Å². The Bertz CT molecular complexity index is 149. The average Bonchev–Trinajstić information content (AvgIpc) is 1.90. The molecule has 0 amide bonds. The second kappa shape index (κ2) is 2.80. The van der Waals surface area contributed by atoms with Gasteiger partial charge in [-0.1, -0.05) is 23.8 Å². The van der Waals surface area contributed by atoms with E-state index in [1.807, 2.05) is 12.2 Å². The second-order valence-corrected chi connectivity index (χ2v) is 2.22. The minimum Gasteiger partial charge on any atom is -0.297 e. The van der Waals surface area contributed by atoms with Crippen molar-refractivity contribution in [2.75, 3.05) is 0 Å². The minimum absolute atomic E-state index is 0.0914. The Morgan fingerprint density at radius 1 is 1.78 bits per heavy atom. The molecule has 0 heterocycles. The molecular formula is C7H11NO. The van der Waals surface area contributed by atoms with Gasteiger partial charge in [-0.05, 0) is 13.3 Å². The summed E-state index contributed by atoms with van der Waals surface area (Å²) in [7, 11) is 0. The zero-order valence-electron chi connectivity index (χ0n) is 5.50. The summed E-state index contributed by atoms with van der Waals surface area (Å²) >= 11 is 0. The molecule has 0 aromatic carbocycles. The molecule has 1 aliphatic carbocycles. The van der Waals surface area contributed by atoms with Crippen LogP contribution in [0.5, 0.6) is 0 Å². The third-order valence-corrected chi connectivity index (χ3v) is 1.42. The van der Waals surface area contributed by atoms with Crippen molar-refractivity contribution >= 4 is 0 Å². The molecule has 0 aromatic heterocycles. The fourth-order valence-corrected chi connectivity index (χ4v) is 0.809. The van der Waals surface area contributed by atoms with Gasteiger partial charge in [0.15, 0.2) is 0 Å². The van der Waals surface area contributed by atoms with Crippen LogP contribution in [0.3, 0.4) is 0 Å². The molecule has 1 unspecified atom stereocenters. The average molecular weight is 125 g/mol. The first-order chi connectivity index (χ1) is 4.33. The predicted octanol–water partition coefficient (Wildman–Crippen LogP) is 1.15. The van der Waals surface area contributed by atoms with Crippen molar-refractivity contribution < 1.29 is 4.84 Å². The van der Waals surface area contributed by atoms with E-state index in [-0.39, 0.29) is 6.10 Å². The van der Waals surface area contributed by atoms with Crippen molar-refractivity contribution in [2.45, 2.75) is 19.4 Å². The van der Waals surface area contributed by atoms with Gasteiger partial charge in [0.05, 0.1) is 0 Å². The minimum atomic E-state index is 0.0914. The van der Waals surface area contributed by atoms with Crippen LogP contribution in [0, 0.1) is 0 Å². The lowest BCUT2D eigenvalue weighted by atomic mass is 10.1. The maximum atomic E-state index is 4.97. The summed E-state index contributed by atoms with van der Waals surface area (Å²) < 4.78 is 0. The third-order valence-electron chi connectivity index (χ3n) is 1.42. The highest BCUT2D eigenvalue weighted by atomic mass is 16.6. The highest BCUT2D eigenvalue weighted by Gasteiger charge is 2.03. The molecule has 1 aliphatic rings. The Kier molecular flexibility index (Phi) is 2.03. The van der Waals surface area contributed by atoms with Crippen molar-refractivity contribution in [3.63, 3.8) is 0 Å². The van der Waals surface area contributed by atoms with Gasteiger partial charge in [-0.15, -0.1) is 0 Å². The van der Waals surface area contributed by atoms with E-state index in [0.717, 1.165) is 6.42 Å². The normalized spacial score (nSPS) is 26.0. The molecule has 0 fully saturated rings. The van der Waals surface area contributed by atoms with E-state index in [1.54, 1.807) is 0 Å². The van der Waals surface area contributed by atoms with Crippen molar-refractivity contribution in [1.29, 1.82) is 0 Å². The lowest BCUT2D eigenvalue weighted by Crippen LogP contribution is -2.15. The largest absolute Gasteiger partial charge is 0.297 e. The van der Waals surface area contributed by atoms with Crippen LogP contribution in [0.15, 0.2) is 23.8 Å². The van der Waals surface area contributed by atoms with E-state index >= 15 is 0 Å². The molecule has 9 heavy (non-hydrogen) atoms. The van der Waals surface area contributed by atoms with Crippen LogP contribution in [-0.2, 0) is 4.84 Å². The standard InChI is InChI=1S/C7H11NO/c1-6-2-4-7(9-8)5-3-6/h2-4,7H,5,8H2,1H3. The summed E-state index contributed by atoms with van der Waals surface area (Å²) in [6.45, 7) is 2.06. The fourth-order valence-electron chi connectivity index (χ4n) is 0.809. The molecule has 2 N–H and O–H groups in total. The lowest BCUT2D eigenvalue weighted by Gasteiger charge is -2.10. The van der Waals surface area contributed by atoms with Gasteiger partial charge in [0.1, 0.15) is 6.10 Å². The molecule has 0 bridgehead atoms. The van der Waals surface area contributed by atoms with Gasteiger partial charge in [0.25, 0.3) is 0 Å². The molecule has 0 aliphatic heterocycles. The zero-order chi connectivity index (χ0) is 6.69. The molecule has 0 spiro atoms. The van der Waals surface area contributed by atoms with Crippen molar-refractivity contribution in [3.8, 4) is 0 Å². The van der Waals surface area contributed by atoms with Crippen LogP contribution < -0.4 is 5.90 Å². The SMILES string of the molecule is CC1=CCC(ON)C=C1. The van der Waals surface area contributed by atoms with Crippen molar-refractivity contribution in [2.24, 2.45) is 5.90 Å². The summed E-state index contributed by atoms with van der Waals surface area (Å²) in [5, 5.41) is 0. The molecule has 0 saturated heterocycles. The molecule has 1 atom stereocenters. The van der Waals surface area contributed by atoms with E-state index in [9.17, 15) is 0 Å². The van der Waals surface area contributed by atoms with Crippen molar-refractivity contribution in [3.05, 3.63) is 23.8 Å². The number of allylic oxidation sites excluding steroid dienone is 2. The van der Waals surface area contributed by atoms with Gasteiger partial charge in [0.2, 0.25) is 0 Å². The van der Waals surface area contributed by atoms with Gasteiger partial charge in [0, 0.05) is 0 Å². The molecule has 2 heteroatoms. The Morgan fingerprint density at radius 3 is 3.00 bits per heavy atom. The predicted molar refractivity (Wildman–Crippen MR) is 36.6 cm³/mol. The Balaban J connectivity index is 2.48. The van der Waals surface area contributed by atoms with Gasteiger partial charge in [-0.2, -0.15) is 0 Å². The van der Waals surface area contributed by atoms with E-state index < -0.39 is 0 Å². The zero-order valence-corrected chi connectivity index (χ0v) is 5.50. The number of hydrogen-bond donors (Lipinski definition) is 1. The van der Waals surface area contributed by atoms with Crippen LogP contribution >= 0.6 is 0 Å². The molecule has 50 valence electrons. The Morgan fingerprint density at radius 2 is 2.56 bits per heavy atom. The molecule has 1 rings (SSSR count). The lowest BCUT2D eigenvalue weighted by molar-refractivity contribution is 0.0877. The van der Waals surface area contributed by atoms with Gasteiger partial charge < -0.3 is 0 Å². The van der Waals surface area contributed by atoms with Crippen LogP contribution in [-0.4, -0.2) is 6.10 Å². The van der Waals surface area contributed by atoms with Crippen molar-refractivity contribution in [1.82, 2.24) is 0 Å². The van der Waals surface area contributed by atoms with Gasteiger partial charge in [-0.25, -0.2) is 5.90 Å². The third kappa shape index (κ3) is 1.66. The molecule has 2 nitrogen and oxygen atoms in total. The molecular weight excluding hydrogens is 114 g/mol. The van der Waals surface area contributed by atoms with Crippen LogP contribution in [0.4, 0.5) is 0 Å². The summed E-state index contributed by atoms with van der Waals surface area (Å²) in [4.78, 5) is 4.61. The topological polar surface area (TPSA) is 35.2 Å². The summed E-state index contributed by atoms with van der Waals surface area (Å²) in [6.07, 6.45) is 7.08. The van der Waals surface area contributed by atoms with E-state index in [1.165, 1.54) is 5.57 Å². The highest BCUT2D eigenvalue weighted by Crippen LogP contribution is 2.10. The molecule has 0 aromatic rings. The summed E-state index contributed by atoms with van der Waals surface area (Å²) in [5.41, 5.74) is 1.28. The number of rotatable bonds is 1. The number of hydrogen-bond acceptors (Lipinski definition) is 2. The van der Waals surface area contributed by atoms with E-state index in [0.29, 0.717) is 0 Å². The maximum absolute atomic E-state index is 4.97. The Hall–Kier alpha value is -0.600. The molecule has 0 saturated carbocycles. The smallest absolute Gasteiger partial charge is 0.101 e. The monoisotopic (exact) mass is 125 g/mol. The van der Waals surface area contributed by atoms with Gasteiger partial charge >= 0.3 is 0 Å². The summed E-state index contributed by atoms with van der Waals surface area (Å²) in [6, 6.07) is 0. The summed E-state index contributed by atoms with van der Waals surface area (Å²) in [5.74, 6) is 4.97. The number of nitrogens with two attached hydrogens (primary N) is 1.